The van der Waals surface area contributed by atoms with E-state index >= 15 is 0 Å². The van der Waals surface area contributed by atoms with Gasteiger partial charge in [-0.25, -0.2) is 18.2 Å². The summed E-state index contributed by atoms with van der Waals surface area (Å²) in [7, 11) is -3.31. The van der Waals surface area contributed by atoms with Gasteiger partial charge in [-0.05, 0) is 31.2 Å². The molecule has 0 spiro atoms. The number of rotatable bonds is 6. The van der Waals surface area contributed by atoms with E-state index < -0.39 is 28.3 Å². The standard InChI is InChI=1S/C20H18N2O5S2/c1-13-18(28-19(21-13)14-6-4-3-5-7-14)20(24)27-12-17(23)22-15-8-10-16(11-9-15)29(2,25)26/h3-11H,12H2,1-2H3,(H,22,23). The summed E-state index contributed by atoms with van der Waals surface area (Å²) in [6.07, 6.45) is 1.10. The van der Waals surface area contributed by atoms with Gasteiger partial charge in [0.1, 0.15) is 9.88 Å². The van der Waals surface area contributed by atoms with Crippen LogP contribution in [-0.4, -0.2) is 38.1 Å². The predicted molar refractivity (Wildman–Crippen MR) is 111 cm³/mol. The molecule has 0 saturated carbocycles. The minimum Gasteiger partial charge on any atom is -0.451 e. The van der Waals surface area contributed by atoms with Crippen LogP contribution in [0.5, 0.6) is 0 Å². The molecule has 0 unspecified atom stereocenters. The van der Waals surface area contributed by atoms with Gasteiger partial charge in [0.2, 0.25) is 0 Å². The number of anilines is 1. The molecule has 150 valence electrons. The maximum atomic E-state index is 12.3. The second kappa shape index (κ2) is 8.54. The molecule has 29 heavy (non-hydrogen) atoms. The molecular weight excluding hydrogens is 412 g/mol. The van der Waals surface area contributed by atoms with Gasteiger partial charge in [0.25, 0.3) is 5.91 Å². The molecule has 9 heteroatoms. The summed E-state index contributed by atoms with van der Waals surface area (Å²) in [5, 5.41) is 3.25. The fourth-order valence-corrected chi connectivity index (χ4v) is 4.07. The summed E-state index contributed by atoms with van der Waals surface area (Å²) < 4.78 is 28.0. The number of nitrogens with one attached hydrogen (secondary N) is 1. The molecule has 0 radical (unpaired) electrons. The number of carbonyl (C=O) groups is 2. The van der Waals surface area contributed by atoms with Crippen molar-refractivity contribution in [2.45, 2.75) is 11.8 Å². The molecular formula is C20H18N2O5S2. The number of aromatic nitrogens is 1. The highest BCUT2D eigenvalue weighted by molar-refractivity contribution is 7.90. The number of hydrogen-bond donors (Lipinski definition) is 1. The van der Waals surface area contributed by atoms with Crippen LogP contribution in [-0.2, 0) is 19.4 Å². The number of ether oxygens (including phenoxy) is 1. The van der Waals surface area contributed by atoms with Gasteiger partial charge >= 0.3 is 5.97 Å². The Balaban J connectivity index is 1.59. The Bertz CT molecular complexity index is 1140. The molecule has 0 bridgehead atoms. The third-order valence-corrected chi connectivity index (χ3v) is 6.22. The third-order valence-electron chi connectivity index (χ3n) is 3.90. The lowest BCUT2D eigenvalue weighted by atomic mass is 10.2. The molecule has 2 aromatic carbocycles. The first-order valence-corrected chi connectivity index (χ1v) is 11.2. The van der Waals surface area contributed by atoms with Crippen LogP contribution in [0.3, 0.4) is 0 Å². The van der Waals surface area contributed by atoms with Crippen LogP contribution in [0.15, 0.2) is 59.5 Å². The lowest BCUT2D eigenvalue weighted by Gasteiger charge is -2.07. The first-order chi connectivity index (χ1) is 13.7. The third kappa shape index (κ3) is 5.27. The summed E-state index contributed by atoms with van der Waals surface area (Å²) in [6, 6.07) is 15.2. The molecule has 1 N–H and O–H groups in total. The van der Waals surface area contributed by atoms with Gasteiger partial charge in [-0.3, -0.25) is 4.79 Å². The van der Waals surface area contributed by atoms with Crippen LogP contribution in [0.1, 0.15) is 15.4 Å². The Morgan fingerprint density at radius 1 is 1.07 bits per heavy atom. The van der Waals surface area contributed by atoms with E-state index in [9.17, 15) is 18.0 Å². The summed E-state index contributed by atoms with van der Waals surface area (Å²) in [4.78, 5) is 29.2. The molecule has 1 aromatic heterocycles. The topological polar surface area (TPSA) is 102 Å². The Morgan fingerprint density at radius 3 is 2.34 bits per heavy atom. The van der Waals surface area contributed by atoms with Gasteiger partial charge in [-0.1, -0.05) is 30.3 Å². The average Bonchev–Trinajstić information content (AvgIpc) is 3.08. The smallest absolute Gasteiger partial charge is 0.350 e. The maximum Gasteiger partial charge on any atom is 0.350 e. The van der Waals surface area contributed by atoms with Gasteiger partial charge < -0.3 is 10.1 Å². The number of esters is 1. The quantitative estimate of drug-likeness (QED) is 0.602. The summed E-state index contributed by atoms with van der Waals surface area (Å²) >= 11 is 1.21. The number of hydrogen-bond acceptors (Lipinski definition) is 7. The van der Waals surface area contributed by atoms with Crippen molar-refractivity contribution in [1.82, 2.24) is 4.98 Å². The van der Waals surface area contributed by atoms with Crippen LogP contribution in [0.2, 0.25) is 0 Å². The summed E-state index contributed by atoms with van der Waals surface area (Å²) in [5.74, 6) is -1.15. The van der Waals surface area contributed by atoms with Crippen LogP contribution in [0, 0.1) is 6.92 Å². The highest BCUT2D eigenvalue weighted by Crippen LogP contribution is 2.28. The second-order valence-corrected chi connectivity index (χ2v) is 9.24. The number of aryl methyl sites for hydroxylation is 1. The largest absolute Gasteiger partial charge is 0.451 e. The monoisotopic (exact) mass is 430 g/mol. The molecule has 7 nitrogen and oxygen atoms in total. The Morgan fingerprint density at radius 2 is 1.72 bits per heavy atom. The fraction of sp³-hybridized carbons (Fsp3) is 0.150. The van der Waals surface area contributed by atoms with Crippen molar-refractivity contribution in [2.24, 2.45) is 0 Å². The normalized spacial score (nSPS) is 11.1. The van der Waals surface area contributed by atoms with E-state index in [-0.39, 0.29) is 4.90 Å². The fourth-order valence-electron chi connectivity index (χ4n) is 2.47. The van der Waals surface area contributed by atoms with Gasteiger partial charge in [-0.15, -0.1) is 11.3 Å². The minimum atomic E-state index is -3.31. The van der Waals surface area contributed by atoms with Crippen LogP contribution >= 0.6 is 11.3 Å². The van der Waals surface area contributed by atoms with Crippen LogP contribution in [0.25, 0.3) is 10.6 Å². The van der Waals surface area contributed by atoms with Gasteiger partial charge in [0.05, 0.1) is 10.6 Å². The molecule has 1 heterocycles. The molecule has 0 saturated heterocycles. The van der Waals surface area contributed by atoms with Crippen molar-refractivity contribution >= 4 is 38.7 Å². The van der Waals surface area contributed by atoms with Crippen LogP contribution < -0.4 is 5.32 Å². The number of amides is 1. The Hall–Kier alpha value is -3.04. The Labute approximate surface area is 172 Å². The van der Waals surface area contributed by atoms with Crippen molar-refractivity contribution in [3.63, 3.8) is 0 Å². The predicted octanol–water partition coefficient (Wildman–Crippen LogP) is 3.32. The molecule has 0 aliphatic rings. The van der Waals surface area contributed by atoms with E-state index in [0.29, 0.717) is 21.3 Å². The van der Waals surface area contributed by atoms with Gasteiger partial charge in [0, 0.05) is 17.5 Å². The van der Waals surface area contributed by atoms with Crippen molar-refractivity contribution in [2.75, 3.05) is 18.2 Å². The van der Waals surface area contributed by atoms with Crippen molar-refractivity contribution in [3.05, 3.63) is 65.2 Å². The number of sulfone groups is 1. The van der Waals surface area contributed by atoms with Crippen molar-refractivity contribution < 1.29 is 22.7 Å². The van der Waals surface area contributed by atoms with Crippen molar-refractivity contribution in [3.8, 4) is 10.6 Å². The zero-order valence-electron chi connectivity index (χ0n) is 15.7. The first kappa shape index (κ1) is 20.7. The maximum absolute atomic E-state index is 12.3. The van der Waals surface area contributed by atoms with E-state index in [4.69, 9.17) is 4.74 Å². The van der Waals surface area contributed by atoms with Gasteiger partial charge in [0.15, 0.2) is 16.4 Å². The summed E-state index contributed by atoms with van der Waals surface area (Å²) in [5.41, 5.74) is 1.84. The van der Waals surface area contributed by atoms with E-state index in [2.05, 4.69) is 10.3 Å². The lowest BCUT2D eigenvalue weighted by molar-refractivity contribution is -0.119. The summed E-state index contributed by atoms with van der Waals surface area (Å²) in [6.45, 7) is 1.24. The average molecular weight is 431 g/mol. The number of carbonyl (C=O) groups excluding carboxylic acids is 2. The van der Waals surface area contributed by atoms with Gasteiger partial charge in [-0.2, -0.15) is 0 Å². The zero-order valence-corrected chi connectivity index (χ0v) is 17.3. The van der Waals surface area contributed by atoms with Crippen molar-refractivity contribution in [1.29, 1.82) is 0 Å². The van der Waals surface area contributed by atoms with E-state index in [1.807, 2.05) is 30.3 Å². The first-order valence-electron chi connectivity index (χ1n) is 8.54. The highest BCUT2D eigenvalue weighted by atomic mass is 32.2. The number of thiazole rings is 1. The minimum absolute atomic E-state index is 0.150. The lowest BCUT2D eigenvalue weighted by Crippen LogP contribution is -2.20. The molecule has 1 amide bonds. The number of benzene rings is 2. The molecule has 0 fully saturated rings. The second-order valence-electron chi connectivity index (χ2n) is 6.22. The zero-order chi connectivity index (χ0) is 21.0. The molecule has 0 aliphatic heterocycles. The van der Waals surface area contributed by atoms with E-state index in [0.717, 1.165) is 11.8 Å². The number of nitrogens with zero attached hydrogens (tertiary/aromatic N) is 1. The SMILES string of the molecule is Cc1nc(-c2ccccc2)sc1C(=O)OCC(=O)Nc1ccc(S(C)(=O)=O)cc1. The molecule has 3 aromatic rings. The van der Waals surface area contributed by atoms with E-state index in [1.165, 1.54) is 35.6 Å². The molecule has 0 aliphatic carbocycles. The highest BCUT2D eigenvalue weighted by Gasteiger charge is 2.18. The van der Waals surface area contributed by atoms with E-state index in [1.54, 1.807) is 6.92 Å². The Kier molecular flexibility index (Phi) is 6.09. The van der Waals surface area contributed by atoms with Crippen LogP contribution in [0.4, 0.5) is 5.69 Å². The molecule has 0 atom stereocenters. The molecule has 3 rings (SSSR count).